The number of amides is 1. The van der Waals surface area contributed by atoms with Gasteiger partial charge in [0.05, 0.1) is 5.52 Å². The number of fused-ring (bicyclic) bond motifs is 1. The van der Waals surface area contributed by atoms with Crippen LogP contribution in [0.1, 0.15) is 36.2 Å². The molecule has 1 aromatic heterocycles. The molecule has 3 aromatic rings. The predicted molar refractivity (Wildman–Crippen MR) is 112 cm³/mol. The van der Waals surface area contributed by atoms with Gasteiger partial charge in [-0.2, -0.15) is 0 Å². The molecule has 6 nitrogen and oxygen atoms in total. The molecule has 6 heteroatoms. The molecule has 3 rings (SSSR count). The van der Waals surface area contributed by atoms with E-state index in [-0.39, 0.29) is 17.9 Å². The molecule has 1 atom stereocenters. The number of carboxylic acid groups (broad SMARTS) is 1. The van der Waals surface area contributed by atoms with Gasteiger partial charge in [0.1, 0.15) is 11.6 Å². The Hall–Kier alpha value is -3.41. The second kappa shape index (κ2) is 8.73. The Morgan fingerprint density at radius 2 is 1.69 bits per heavy atom. The van der Waals surface area contributed by atoms with Crippen molar-refractivity contribution in [2.45, 2.75) is 32.9 Å². The molecule has 0 spiro atoms. The van der Waals surface area contributed by atoms with Crippen LogP contribution < -0.4 is 10.7 Å². The van der Waals surface area contributed by atoms with Crippen molar-refractivity contribution in [3.63, 3.8) is 0 Å². The number of benzene rings is 2. The fraction of sp³-hybridized carbons (Fsp3) is 0.261. The van der Waals surface area contributed by atoms with Crippen LogP contribution in [0.5, 0.6) is 0 Å². The normalized spacial score (nSPS) is 12.1. The zero-order valence-electron chi connectivity index (χ0n) is 16.5. The van der Waals surface area contributed by atoms with E-state index < -0.39 is 23.3 Å². The monoisotopic (exact) mass is 392 g/mol. The van der Waals surface area contributed by atoms with Gasteiger partial charge in [-0.25, -0.2) is 4.79 Å². The summed E-state index contributed by atoms with van der Waals surface area (Å²) >= 11 is 0. The number of hydrogen-bond donors (Lipinski definition) is 2. The summed E-state index contributed by atoms with van der Waals surface area (Å²) in [6.07, 6.45) is 1.80. The molecular formula is C23H24N2O4. The average Bonchev–Trinajstić information content (AvgIpc) is 2.70. The minimum atomic E-state index is -1.11. The summed E-state index contributed by atoms with van der Waals surface area (Å²) in [6, 6.07) is 15.8. The quantitative estimate of drug-likeness (QED) is 0.646. The first kappa shape index (κ1) is 20.3. The molecule has 0 fully saturated rings. The molecule has 2 aromatic carbocycles. The Kier molecular flexibility index (Phi) is 6.12. The van der Waals surface area contributed by atoms with E-state index in [0.29, 0.717) is 11.9 Å². The zero-order chi connectivity index (χ0) is 21.0. The molecule has 0 aliphatic rings. The maximum atomic E-state index is 12.9. The second-order valence-electron chi connectivity index (χ2n) is 7.50. The molecule has 0 aliphatic carbocycles. The minimum absolute atomic E-state index is 0.0605. The van der Waals surface area contributed by atoms with Gasteiger partial charge < -0.3 is 15.0 Å². The topological polar surface area (TPSA) is 88.4 Å². The number of pyridine rings is 1. The van der Waals surface area contributed by atoms with Crippen molar-refractivity contribution in [1.29, 1.82) is 0 Å². The largest absolute Gasteiger partial charge is 0.480 e. The minimum Gasteiger partial charge on any atom is -0.480 e. The van der Waals surface area contributed by atoms with E-state index in [1.54, 1.807) is 12.1 Å². The van der Waals surface area contributed by atoms with Crippen LogP contribution >= 0.6 is 0 Å². The maximum Gasteiger partial charge on any atom is 0.326 e. The first-order chi connectivity index (χ1) is 13.9. The van der Waals surface area contributed by atoms with Gasteiger partial charge in [0.2, 0.25) is 5.43 Å². The van der Waals surface area contributed by atoms with E-state index in [2.05, 4.69) is 5.32 Å². The van der Waals surface area contributed by atoms with Gasteiger partial charge in [-0.1, -0.05) is 56.3 Å². The standard InChI is InChI=1S/C23H24N2O4/c1-15(2)12-19(23(28)29)24-22(27)18-14-25(13-16-8-4-3-5-9-16)20-11-7-6-10-17(20)21(18)26/h3-11,14-15,19H,12-13H2,1-2H3,(H,24,27)(H,28,29)/t19-/m0/s1. The number of nitrogens with zero attached hydrogens (tertiary/aromatic N) is 1. The number of carbonyl (C=O) groups excluding carboxylic acids is 1. The number of carboxylic acids is 1. The van der Waals surface area contributed by atoms with Gasteiger partial charge in [0.25, 0.3) is 5.91 Å². The number of nitrogens with one attached hydrogen (secondary N) is 1. The van der Waals surface area contributed by atoms with Crippen molar-refractivity contribution in [2.75, 3.05) is 0 Å². The molecule has 0 aliphatic heterocycles. The van der Waals surface area contributed by atoms with Gasteiger partial charge in [0.15, 0.2) is 0 Å². The second-order valence-corrected chi connectivity index (χ2v) is 7.50. The average molecular weight is 392 g/mol. The van der Waals surface area contributed by atoms with Crippen LogP contribution in [-0.4, -0.2) is 27.6 Å². The lowest BCUT2D eigenvalue weighted by Gasteiger charge is -2.18. The molecular weight excluding hydrogens is 368 g/mol. The van der Waals surface area contributed by atoms with E-state index >= 15 is 0 Å². The molecule has 0 saturated carbocycles. The number of aromatic nitrogens is 1. The summed E-state index contributed by atoms with van der Waals surface area (Å²) < 4.78 is 1.85. The van der Waals surface area contributed by atoms with Crippen LogP contribution in [0.3, 0.4) is 0 Å². The highest BCUT2D eigenvalue weighted by atomic mass is 16.4. The fourth-order valence-electron chi connectivity index (χ4n) is 3.35. The van der Waals surface area contributed by atoms with Crippen LogP contribution in [0.4, 0.5) is 0 Å². The Bertz CT molecular complexity index is 1090. The number of carbonyl (C=O) groups is 2. The van der Waals surface area contributed by atoms with Crippen LogP contribution in [0.2, 0.25) is 0 Å². The third-order valence-corrected chi connectivity index (χ3v) is 4.74. The van der Waals surface area contributed by atoms with E-state index in [0.717, 1.165) is 11.1 Å². The van der Waals surface area contributed by atoms with Crippen molar-refractivity contribution in [3.8, 4) is 0 Å². The number of aliphatic carboxylic acids is 1. The number of rotatable bonds is 7. The lowest BCUT2D eigenvalue weighted by atomic mass is 10.0. The van der Waals surface area contributed by atoms with Crippen molar-refractivity contribution < 1.29 is 14.7 Å². The Balaban J connectivity index is 2.03. The molecule has 0 bridgehead atoms. The highest BCUT2D eigenvalue weighted by molar-refractivity contribution is 5.99. The lowest BCUT2D eigenvalue weighted by Crippen LogP contribution is -2.43. The van der Waals surface area contributed by atoms with E-state index in [9.17, 15) is 19.5 Å². The maximum absolute atomic E-state index is 12.9. The number of hydrogen-bond acceptors (Lipinski definition) is 3. The highest BCUT2D eigenvalue weighted by Crippen LogP contribution is 2.15. The van der Waals surface area contributed by atoms with Crippen LogP contribution in [0.15, 0.2) is 65.6 Å². The summed E-state index contributed by atoms with van der Waals surface area (Å²) in [5.74, 6) is -1.70. The molecule has 1 amide bonds. The predicted octanol–water partition coefficient (Wildman–Crippen LogP) is 3.28. The zero-order valence-corrected chi connectivity index (χ0v) is 16.5. The molecule has 2 N–H and O–H groups in total. The van der Waals surface area contributed by atoms with Gasteiger partial charge in [-0.3, -0.25) is 9.59 Å². The van der Waals surface area contributed by atoms with Crippen molar-refractivity contribution in [2.24, 2.45) is 5.92 Å². The van der Waals surface area contributed by atoms with Crippen LogP contribution in [-0.2, 0) is 11.3 Å². The Morgan fingerprint density at radius 1 is 1.03 bits per heavy atom. The summed E-state index contributed by atoms with van der Waals surface area (Å²) in [5.41, 5.74) is 1.27. The van der Waals surface area contributed by atoms with E-state index in [1.807, 2.05) is 60.9 Å². The SMILES string of the molecule is CC(C)C[C@H](NC(=O)c1cn(Cc2ccccc2)c2ccccc2c1=O)C(=O)O. The first-order valence-corrected chi connectivity index (χ1v) is 9.56. The van der Waals surface area contributed by atoms with Gasteiger partial charge in [-0.05, 0) is 30.0 Å². The van der Waals surface area contributed by atoms with Crippen molar-refractivity contribution in [3.05, 3.63) is 82.1 Å². The third-order valence-electron chi connectivity index (χ3n) is 4.74. The number of para-hydroxylation sites is 1. The smallest absolute Gasteiger partial charge is 0.326 e. The molecule has 1 heterocycles. The Morgan fingerprint density at radius 3 is 2.34 bits per heavy atom. The first-order valence-electron chi connectivity index (χ1n) is 9.56. The summed E-state index contributed by atoms with van der Waals surface area (Å²) in [5, 5.41) is 12.3. The summed E-state index contributed by atoms with van der Waals surface area (Å²) in [6.45, 7) is 4.24. The highest BCUT2D eigenvalue weighted by Gasteiger charge is 2.24. The van der Waals surface area contributed by atoms with Gasteiger partial charge in [0, 0.05) is 18.1 Å². The molecule has 0 unspecified atom stereocenters. The van der Waals surface area contributed by atoms with Gasteiger partial charge in [-0.15, -0.1) is 0 Å². The van der Waals surface area contributed by atoms with Crippen LogP contribution in [0.25, 0.3) is 10.9 Å². The van der Waals surface area contributed by atoms with Crippen molar-refractivity contribution in [1.82, 2.24) is 9.88 Å². The van der Waals surface area contributed by atoms with Gasteiger partial charge >= 0.3 is 5.97 Å². The molecule has 29 heavy (non-hydrogen) atoms. The molecule has 150 valence electrons. The molecule has 0 radical (unpaired) electrons. The Labute approximate surface area is 168 Å². The summed E-state index contributed by atoms with van der Waals surface area (Å²) in [7, 11) is 0. The summed E-state index contributed by atoms with van der Waals surface area (Å²) in [4.78, 5) is 37.3. The molecule has 0 saturated heterocycles. The lowest BCUT2D eigenvalue weighted by molar-refractivity contribution is -0.139. The fourth-order valence-corrected chi connectivity index (χ4v) is 3.35. The van der Waals surface area contributed by atoms with Crippen LogP contribution in [0, 0.1) is 5.92 Å². The van der Waals surface area contributed by atoms with E-state index in [4.69, 9.17) is 0 Å². The van der Waals surface area contributed by atoms with Crippen molar-refractivity contribution >= 4 is 22.8 Å². The third kappa shape index (κ3) is 4.71. The van der Waals surface area contributed by atoms with E-state index in [1.165, 1.54) is 6.20 Å².